The molecule has 5 heteroatoms. The second-order valence-corrected chi connectivity index (χ2v) is 2.48. The summed E-state index contributed by atoms with van der Waals surface area (Å²) >= 11 is 0. The van der Waals surface area contributed by atoms with Crippen LogP contribution in [0.3, 0.4) is 0 Å². The minimum absolute atomic E-state index is 1.13. The zero-order chi connectivity index (χ0) is 9.64. The van der Waals surface area contributed by atoms with Gasteiger partial charge in [0.2, 0.25) is 0 Å². The van der Waals surface area contributed by atoms with Gasteiger partial charge in [0.15, 0.2) is 0 Å². The summed E-state index contributed by atoms with van der Waals surface area (Å²) in [5.41, 5.74) is 2.26. The molecular weight excluding hydrogens is 182 g/mol. The summed E-state index contributed by atoms with van der Waals surface area (Å²) in [7, 11) is 0. The second-order valence-electron chi connectivity index (χ2n) is 2.48. The van der Waals surface area contributed by atoms with Crippen molar-refractivity contribution in [3.05, 3.63) is 35.9 Å². The highest BCUT2D eigenvalue weighted by atomic mass is 17.3. The van der Waals surface area contributed by atoms with Gasteiger partial charge in [-0.25, -0.2) is 0 Å². The Morgan fingerprint density at radius 2 is 1.71 bits per heavy atom. The molecule has 0 N–H and O–H groups in total. The van der Waals surface area contributed by atoms with Crippen molar-refractivity contribution in [1.82, 2.24) is 0 Å². The van der Waals surface area contributed by atoms with Crippen LogP contribution in [-0.2, 0) is 9.88 Å². The number of hydrogen-bond acceptors (Lipinski definition) is 5. The summed E-state index contributed by atoms with van der Waals surface area (Å²) in [6.07, 6.45) is 11.7. The fourth-order valence-corrected chi connectivity index (χ4v) is 0.937. The van der Waals surface area contributed by atoms with Gasteiger partial charge in [0, 0.05) is 36.0 Å². The fraction of sp³-hybridized carbons (Fsp3) is 0. The maximum absolute atomic E-state index is 4.19. The lowest BCUT2D eigenvalue weighted by Gasteiger charge is -1.92. The van der Waals surface area contributed by atoms with Crippen molar-refractivity contribution in [3.63, 3.8) is 0 Å². The molecule has 0 fully saturated rings. The van der Waals surface area contributed by atoms with E-state index in [0.29, 0.717) is 0 Å². The third kappa shape index (κ3) is 1.95. The number of hydrogen-bond donors (Lipinski definition) is 0. The highest BCUT2D eigenvalue weighted by Gasteiger charge is 2.07. The first-order valence-electron chi connectivity index (χ1n) is 3.95. The predicted molar refractivity (Wildman–Crippen MR) is 53.0 cm³/mol. The lowest BCUT2D eigenvalue weighted by atomic mass is 10.2. The van der Waals surface area contributed by atoms with Gasteiger partial charge >= 0.3 is 0 Å². The molecule has 0 aliphatic carbocycles. The standard InChI is InChI=1S/C6H4N2.C3H3NO2/c1-5-2-8-4-6(5)3-7-1;1-2-4-6-5-3-1/h1-4H;1-3H. The van der Waals surface area contributed by atoms with E-state index in [1.165, 1.54) is 12.5 Å². The molecule has 5 nitrogen and oxygen atoms in total. The summed E-state index contributed by atoms with van der Waals surface area (Å²) < 4.78 is 0. The number of aliphatic imine (C=N–C) groups is 2. The van der Waals surface area contributed by atoms with Gasteiger partial charge in [0.25, 0.3) is 0 Å². The average molecular weight is 189 g/mol. The Morgan fingerprint density at radius 1 is 1.00 bits per heavy atom. The largest absolute Gasteiger partial charge is 0.275 e. The summed E-state index contributed by atoms with van der Waals surface area (Å²) in [5.74, 6) is 0. The Kier molecular flexibility index (Phi) is 2.51. The smallest absolute Gasteiger partial charge is 0.147 e. The molecule has 0 saturated heterocycles. The molecule has 3 rings (SSSR count). The SMILES string of the molecule is C1=COON=C1.C1=NC=C2C=NC=C12. The Balaban J connectivity index is 0.000000112. The van der Waals surface area contributed by atoms with Gasteiger partial charge in [0.1, 0.15) is 6.26 Å². The number of allylic oxidation sites excluding steroid dienone is 3. The molecule has 3 aliphatic heterocycles. The fourth-order valence-electron chi connectivity index (χ4n) is 0.937. The minimum atomic E-state index is 1.13. The number of fused-ring (bicyclic) bond motifs is 1. The lowest BCUT2D eigenvalue weighted by molar-refractivity contribution is -0.251. The Bertz CT molecular complexity index is 351. The van der Waals surface area contributed by atoms with Crippen molar-refractivity contribution >= 4 is 18.6 Å². The first-order chi connectivity index (χ1) is 6.97. The maximum atomic E-state index is 4.19. The third-order valence-corrected chi connectivity index (χ3v) is 1.55. The summed E-state index contributed by atoms with van der Waals surface area (Å²) in [6.45, 7) is 0. The molecular formula is C9H7N3O2. The molecule has 0 radical (unpaired) electrons. The molecule has 0 aromatic heterocycles. The molecule has 0 aromatic rings. The quantitative estimate of drug-likeness (QED) is 0.540. The van der Waals surface area contributed by atoms with Gasteiger partial charge < -0.3 is 0 Å². The van der Waals surface area contributed by atoms with Crippen molar-refractivity contribution in [1.29, 1.82) is 0 Å². The van der Waals surface area contributed by atoms with Gasteiger partial charge in [-0.05, 0) is 11.2 Å². The Hall–Kier alpha value is -2.17. The highest BCUT2D eigenvalue weighted by molar-refractivity contribution is 6.04. The molecule has 14 heavy (non-hydrogen) atoms. The zero-order valence-electron chi connectivity index (χ0n) is 7.20. The molecule has 0 atom stereocenters. The Morgan fingerprint density at radius 3 is 2.07 bits per heavy atom. The van der Waals surface area contributed by atoms with Crippen molar-refractivity contribution in [2.24, 2.45) is 15.1 Å². The minimum Gasteiger partial charge on any atom is -0.275 e. The van der Waals surface area contributed by atoms with Gasteiger partial charge in [-0.15, -0.1) is 0 Å². The van der Waals surface area contributed by atoms with Crippen molar-refractivity contribution in [3.8, 4) is 0 Å². The summed E-state index contributed by atoms with van der Waals surface area (Å²) in [4.78, 5) is 16.1. The van der Waals surface area contributed by atoms with E-state index >= 15 is 0 Å². The van der Waals surface area contributed by atoms with Crippen LogP contribution < -0.4 is 0 Å². The van der Waals surface area contributed by atoms with Crippen molar-refractivity contribution in [2.45, 2.75) is 0 Å². The zero-order valence-corrected chi connectivity index (χ0v) is 7.20. The first kappa shape index (κ1) is 8.43. The van der Waals surface area contributed by atoms with Gasteiger partial charge in [-0.1, -0.05) is 0 Å². The van der Waals surface area contributed by atoms with Gasteiger partial charge in [0.05, 0.1) is 6.21 Å². The van der Waals surface area contributed by atoms with E-state index in [-0.39, 0.29) is 0 Å². The third-order valence-electron chi connectivity index (χ3n) is 1.55. The van der Waals surface area contributed by atoms with E-state index in [9.17, 15) is 0 Å². The molecule has 0 aromatic carbocycles. The predicted octanol–water partition coefficient (Wildman–Crippen LogP) is 1.37. The van der Waals surface area contributed by atoms with Crippen LogP contribution in [0.1, 0.15) is 0 Å². The van der Waals surface area contributed by atoms with E-state index < -0.39 is 0 Å². The molecule has 3 aliphatic rings. The van der Waals surface area contributed by atoms with Crippen LogP contribution >= 0.6 is 0 Å². The monoisotopic (exact) mass is 189 g/mol. The van der Waals surface area contributed by atoms with Gasteiger partial charge in [-0.3, -0.25) is 14.9 Å². The maximum Gasteiger partial charge on any atom is 0.147 e. The highest BCUT2D eigenvalue weighted by Crippen LogP contribution is 2.15. The number of oxime groups is 1. The molecule has 70 valence electrons. The molecule has 0 saturated carbocycles. The van der Waals surface area contributed by atoms with Crippen LogP contribution in [0.4, 0.5) is 0 Å². The van der Waals surface area contributed by atoms with E-state index in [1.54, 1.807) is 6.08 Å². The molecule has 0 bridgehead atoms. The van der Waals surface area contributed by atoms with Crippen LogP contribution in [0.5, 0.6) is 0 Å². The summed E-state index contributed by atoms with van der Waals surface area (Å²) in [6, 6.07) is 0. The van der Waals surface area contributed by atoms with Gasteiger partial charge in [-0.2, -0.15) is 4.99 Å². The van der Waals surface area contributed by atoms with Crippen molar-refractivity contribution in [2.75, 3.05) is 0 Å². The summed E-state index contributed by atoms with van der Waals surface area (Å²) in [5, 5.41) is 3.24. The number of nitrogens with zero attached hydrogens (tertiary/aromatic N) is 3. The molecule has 0 unspecified atom stereocenters. The number of rotatable bonds is 0. The van der Waals surface area contributed by atoms with E-state index in [4.69, 9.17) is 0 Å². The second kappa shape index (κ2) is 4.18. The van der Waals surface area contributed by atoms with Crippen LogP contribution in [0.15, 0.2) is 51.0 Å². The van der Waals surface area contributed by atoms with E-state index in [0.717, 1.165) is 11.1 Å². The first-order valence-corrected chi connectivity index (χ1v) is 3.95. The van der Waals surface area contributed by atoms with E-state index in [2.05, 4.69) is 25.0 Å². The Labute approximate surface area is 80.4 Å². The van der Waals surface area contributed by atoms with Crippen LogP contribution in [-0.4, -0.2) is 18.6 Å². The molecule has 0 spiro atoms. The van der Waals surface area contributed by atoms with Crippen LogP contribution in [0.25, 0.3) is 0 Å². The van der Waals surface area contributed by atoms with Crippen molar-refractivity contribution < 1.29 is 9.88 Å². The molecule has 3 heterocycles. The molecule has 0 amide bonds. The van der Waals surface area contributed by atoms with Crippen LogP contribution in [0.2, 0.25) is 0 Å². The lowest BCUT2D eigenvalue weighted by Crippen LogP contribution is -1.82. The van der Waals surface area contributed by atoms with E-state index in [1.807, 2.05) is 24.8 Å². The normalized spacial score (nSPS) is 18.9. The average Bonchev–Trinajstić information content (AvgIpc) is 2.82. The topological polar surface area (TPSA) is 55.5 Å². The van der Waals surface area contributed by atoms with Crippen LogP contribution in [0, 0.1) is 0 Å².